The van der Waals surface area contributed by atoms with Crippen LogP contribution < -0.4 is 25.4 Å². The molecule has 1 amide bonds. The molecule has 0 aromatic heterocycles. The van der Waals surface area contributed by atoms with Crippen LogP contribution in [0.15, 0.2) is 23.2 Å². The molecule has 0 saturated carbocycles. The minimum atomic E-state index is -0.488. The fraction of sp³-hybridized carbons (Fsp3) is 0.600. The van der Waals surface area contributed by atoms with Gasteiger partial charge in [0.15, 0.2) is 17.5 Å². The number of rotatable bonds is 9. The predicted molar refractivity (Wildman–Crippen MR) is 111 cm³/mol. The Bertz CT molecular complexity index is 642. The van der Waals surface area contributed by atoms with E-state index in [2.05, 4.69) is 20.9 Å². The van der Waals surface area contributed by atoms with E-state index < -0.39 is 11.7 Å². The summed E-state index contributed by atoms with van der Waals surface area (Å²) in [5.74, 6) is 2.12. The highest BCUT2D eigenvalue weighted by Gasteiger charge is 2.15. The molecule has 8 heteroatoms. The molecule has 158 valence electrons. The van der Waals surface area contributed by atoms with Gasteiger partial charge in [0, 0.05) is 26.7 Å². The smallest absolute Gasteiger partial charge is 0.407 e. The van der Waals surface area contributed by atoms with Crippen molar-refractivity contribution in [1.82, 2.24) is 16.0 Å². The second kappa shape index (κ2) is 11.9. The van der Waals surface area contributed by atoms with Gasteiger partial charge >= 0.3 is 6.09 Å². The van der Waals surface area contributed by atoms with Crippen LogP contribution in [0, 0.1) is 0 Å². The third-order valence-electron chi connectivity index (χ3n) is 3.53. The average molecular weight is 395 g/mol. The molecule has 0 unspecified atom stereocenters. The number of hydrogen-bond acceptors (Lipinski definition) is 5. The van der Waals surface area contributed by atoms with E-state index in [4.69, 9.17) is 14.2 Å². The van der Waals surface area contributed by atoms with Gasteiger partial charge in [0.1, 0.15) is 5.60 Å². The topological polar surface area (TPSA) is 93.2 Å². The number of ether oxygens (including phenoxy) is 3. The van der Waals surface area contributed by atoms with Crippen LogP contribution in [0.5, 0.6) is 11.5 Å². The summed E-state index contributed by atoms with van der Waals surface area (Å²) in [6.45, 7) is 9.83. The molecule has 3 N–H and O–H groups in total. The molecule has 8 nitrogen and oxygen atoms in total. The number of carbonyl (C=O) groups is 1. The normalized spacial score (nSPS) is 11.6. The van der Waals surface area contributed by atoms with Gasteiger partial charge in [-0.05, 0) is 51.8 Å². The zero-order chi connectivity index (χ0) is 21.0. The van der Waals surface area contributed by atoms with Crippen LogP contribution in [-0.2, 0) is 11.3 Å². The lowest BCUT2D eigenvalue weighted by atomic mass is 10.2. The Balaban J connectivity index is 2.35. The van der Waals surface area contributed by atoms with Crippen molar-refractivity contribution in [3.05, 3.63) is 23.8 Å². The van der Waals surface area contributed by atoms with E-state index in [1.807, 2.05) is 45.9 Å². The molecule has 0 bridgehead atoms. The zero-order valence-corrected chi connectivity index (χ0v) is 17.8. The summed E-state index contributed by atoms with van der Waals surface area (Å²) in [6.07, 6.45) is 0.344. The Kier molecular flexibility index (Phi) is 9.98. The molecule has 1 rings (SSSR count). The van der Waals surface area contributed by atoms with Gasteiger partial charge in [0.2, 0.25) is 0 Å². The first-order chi connectivity index (χ1) is 13.3. The van der Waals surface area contributed by atoms with Crippen LogP contribution >= 0.6 is 0 Å². The average Bonchev–Trinajstić information content (AvgIpc) is 2.63. The summed E-state index contributed by atoms with van der Waals surface area (Å²) >= 11 is 0. The fourth-order valence-electron chi connectivity index (χ4n) is 2.30. The number of benzene rings is 1. The standard InChI is InChI=1S/C20H34N4O4/c1-7-27-16-10-9-15(13-17(16)26-6)14-24-18(21-5)22-11-8-12-23-19(25)28-20(2,3)4/h9-10,13H,7-8,11-12,14H2,1-6H3,(H,23,25)(H2,21,22,24). The maximum Gasteiger partial charge on any atom is 0.407 e. The number of guanidine groups is 1. The monoisotopic (exact) mass is 394 g/mol. The quantitative estimate of drug-likeness (QED) is 0.339. The third-order valence-corrected chi connectivity index (χ3v) is 3.53. The van der Waals surface area contributed by atoms with Gasteiger partial charge in [0.05, 0.1) is 13.7 Å². The van der Waals surface area contributed by atoms with Crippen LogP contribution in [0.3, 0.4) is 0 Å². The third kappa shape index (κ3) is 9.34. The highest BCUT2D eigenvalue weighted by Crippen LogP contribution is 2.27. The van der Waals surface area contributed by atoms with Gasteiger partial charge in [-0.15, -0.1) is 0 Å². The number of nitrogens with one attached hydrogen (secondary N) is 3. The van der Waals surface area contributed by atoms with E-state index in [0.717, 1.165) is 17.7 Å². The largest absolute Gasteiger partial charge is 0.493 e. The minimum Gasteiger partial charge on any atom is -0.493 e. The van der Waals surface area contributed by atoms with Crippen LogP contribution in [0.25, 0.3) is 0 Å². The van der Waals surface area contributed by atoms with E-state index in [9.17, 15) is 4.79 Å². The molecule has 0 fully saturated rings. The number of aliphatic imine (C=N–C) groups is 1. The van der Waals surface area contributed by atoms with E-state index in [-0.39, 0.29) is 0 Å². The maximum absolute atomic E-state index is 11.6. The van der Waals surface area contributed by atoms with Gasteiger partial charge in [-0.2, -0.15) is 0 Å². The number of nitrogens with zero attached hydrogens (tertiary/aromatic N) is 1. The molecule has 1 aromatic carbocycles. The zero-order valence-electron chi connectivity index (χ0n) is 17.8. The van der Waals surface area contributed by atoms with E-state index in [0.29, 0.717) is 38.0 Å². The SMILES string of the molecule is CCOc1ccc(CNC(=NC)NCCCNC(=O)OC(C)(C)C)cc1OC. The van der Waals surface area contributed by atoms with Gasteiger partial charge in [-0.1, -0.05) is 6.07 Å². The van der Waals surface area contributed by atoms with E-state index in [1.54, 1.807) is 14.2 Å². The predicted octanol–water partition coefficient (Wildman–Crippen LogP) is 2.67. The molecule has 0 saturated heterocycles. The van der Waals surface area contributed by atoms with Crippen LogP contribution in [0.4, 0.5) is 4.79 Å². The van der Waals surface area contributed by atoms with Crippen molar-refractivity contribution in [3.8, 4) is 11.5 Å². The highest BCUT2D eigenvalue weighted by atomic mass is 16.6. The molecular weight excluding hydrogens is 360 g/mol. The second-order valence-electron chi connectivity index (χ2n) is 7.05. The number of hydrogen-bond donors (Lipinski definition) is 3. The van der Waals surface area contributed by atoms with Crippen LogP contribution in [0.1, 0.15) is 39.7 Å². The Hall–Kier alpha value is -2.64. The van der Waals surface area contributed by atoms with E-state index >= 15 is 0 Å². The summed E-state index contributed by atoms with van der Waals surface area (Å²) in [6, 6.07) is 5.83. The molecule has 0 atom stereocenters. The number of alkyl carbamates (subject to hydrolysis) is 1. The van der Waals surface area contributed by atoms with Crippen molar-refractivity contribution in [2.24, 2.45) is 4.99 Å². The van der Waals surface area contributed by atoms with Gasteiger partial charge in [0.25, 0.3) is 0 Å². The Morgan fingerprint density at radius 1 is 1.11 bits per heavy atom. The highest BCUT2D eigenvalue weighted by molar-refractivity contribution is 5.79. The van der Waals surface area contributed by atoms with Crippen LogP contribution in [0.2, 0.25) is 0 Å². The van der Waals surface area contributed by atoms with Crippen LogP contribution in [-0.4, -0.2) is 51.5 Å². The fourth-order valence-corrected chi connectivity index (χ4v) is 2.30. The lowest BCUT2D eigenvalue weighted by molar-refractivity contribution is 0.0527. The summed E-state index contributed by atoms with van der Waals surface area (Å²) < 4.78 is 16.1. The lowest BCUT2D eigenvalue weighted by Gasteiger charge is -2.19. The Labute approximate surface area is 168 Å². The first-order valence-electron chi connectivity index (χ1n) is 9.50. The van der Waals surface area contributed by atoms with Crippen molar-refractivity contribution >= 4 is 12.1 Å². The molecule has 0 aliphatic heterocycles. The molecule has 0 aliphatic carbocycles. The van der Waals surface area contributed by atoms with Gasteiger partial charge in [-0.25, -0.2) is 4.79 Å². The minimum absolute atomic E-state index is 0.403. The van der Waals surface area contributed by atoms with Crippen molar-refractivity contribution in [3.63, 3.8) is 0 Å². The Morgan fingerprint density at radius 3 is 2.43 bits per heavy atom. The van der Waals surface area contributed by atoms with Crippen molar-refractivity contribution < 1.29 is 19.0 Å². The summed E-state index contributed by atoms with van der Waals surface area (Å²) in [5.41, 5.74) is 0.563. The van der Waals surface area contributed by atoms with Gasteiger partial charge in [-0.3, -0.25) is 4.99 Å². The van der Waals surface area contributed by atoms with Gasteiger partial charge < -0.3 is 30.2 Å². The second-order valence-corrected chi connectivity index (χ2v) is 7.05. The summed E-state index contributed by atoms with van der Waals surface area (Å²) in [7, 11) is 3.34. The number of amides is 1. The first-order valence-corrected chi connectivity index (χ1v) is 9.50. The molecular formula is C20H34N4O4. The Morgan fingerprint density at radius 2 is 1.82 bits per heavy atom. The molecule has 0 spiro atoms. The summed E-state index contributed by atoms with van der Waals surface area (Å²) in [4.78, 5) is 15.8. The lowest BCUT2D eigenvalue weighted by Crippen LogP contribution is -2.39. The molecule has 28 heavy (non-hydrogen) atoms. The molecule has 0 radical (unpaired) electrons. The molecule has 1 aromatic rings. The van der Waals surface area contributed by atoms with Crippen molar-refractivity contribution in [2.75, 3.05) is 33.9 Å². The first kappa shape index (κ1) is 23.4. The van der Waals surface area contributed by atoms with E-state index in [1.165, 1.54) is 0 Å². The van der Waals surface area contributed by atoms with Crippen molar-refractivity contribution in [1.29, 1.82) is 0 Å². The summed E-state index contributed by atoms with van der Waals surface area (Å²) in [5, 5.41) is 9.19. The maximum atomic E-state index is 11.6. The number of methoxy groups -OCH3 is 1. The van der Waals surface area contributed by atoms with Crippen molar-refractivity contribution in [2.45, 2.75) is 46.3 Å². The number of carbonyl (C=O) groups excluding carboxylic acids is 1. The molecule has 0 heterocycles. The molecule has 0 aliphatic rings.